The Morgan fingerprint density at radius 1 is 1.18 bits per heavy atom. The van der Waals surface area contributed by atoms with Crippen LogP contribution in [-0.2, 0) is 9.59 Å². The van der Waals surface area contributed by atoms with Crippen molar-refractivity contribution in [3.63, 3.8) is 0 Å². The Kier molecular flexibility index (Phi) is 6.90. The van der Waals surface area contributed by atoms with Gasteiger partial charge in [0.15, 0.2) is 0 Å². The van der Waals surface area contributed by atoms with Crippen molar-refractivity contribution in [2.45, 2.75) is 12.8 Å². The van der Waals surface area contributed by atoms with E-state index in [1.54, 1.807) is 25.3 Å². The summed E-state index contributed by atoms with van der Waals surface area (Å²) >= 11 is 6.01. The van der Waals surface area contributed by atoms with Crippen LogP contribution in [0.2, 0.25) is 5.02 Å². The number of ether oxygens (including phenoxy) is 1. The summed E-state index contributed by atoms with van der Waals surface area (Å²) in [7, 11) is 1.54. The number of carbonyl (C=O) groups is 2. The van der Waals surface area contributed by atoms with Crippen LogP contribution in [0.1, 0.15) is 12.8 Å². The number of para-hydroxylation sites is 1. The number of hydrogen-bond acceptors (Lipinski definition) is 4. The Labute approximate surface area is 169 Å². The number of piperidine rings is 1. The molecule has 0 aromatic heterocycles. The van der Waals surface area contributed by atoms with Gasteiger partial charge in [-0.2, -0.15) is 0 Å². The highest BCUT2D eigenvalue weighted by Crippen LogP contribution is 2.27. The highest BCUT2D eigenvalue weighted by atomic mass is 35.5. The van der Waals surface area contributed by atoms with Gasteiger partial charge in [0.05, 0.1) is 25.3 Å². The first-order valence-electron chi connectivity index (χ1n) is 9.27. The third-order valence-electron chi connectivity index (χ3n) is 4.72. The Morgan fingerprint density at radius 3 is 2.71 bits per heavy atom. The van der Waals surface area contributed by atoms with E-state index >= 15 is 0 Å². The Bertz CT molecular complexity index is 829. The number of anilines is 2. The second kappa shape index (κ2) is 9.57. The summed E-state index contributed by atoms with van der Waals surface area (Å²) in [5.74, 6) is 0.247. The monoisotopic (exact) mass is 401 g/mol. The lowest BCUT2D eigenvalue weighted by Crippen LogP contribution is -2.44. The fourth-order valence-corrected chi connectivity index (χ4v) is 3.52. The van der Waals surface area contributed by atoms with Crippen LogP contribution < -0.4 is 15.4 Å². The molecule has 1 saturated heterocycles. The summed E-state index contributed by atoms with van der Waals surface area (Å²) in [6, 6.07) is 14.5. The van der Waals surface area contributed by atoms with Crippen LogP contribution in [0.3, 0.4) is 0 Å². The predicted molar refractivity (Wildman–Crippen MR) is 111 cm³/mol. The number of amides is 2. The molecule has 2 aromatic rings. The molecule has 0 radical (unpaired) electrons. The minimum Gasteiger partial charge on any atom is -0.495 e. The molecule has 148 valence electrons. The summed E-state index contributed by atoms with van der Waals surface area (Å²) in [5, 5.41) is 6.31. The third-order valence-corrected chi connectivity index (χ3v) is 4.96. The summed E-state index contributed by atoms with van der Waals surface area (Å²) in [5.41, 5.74) is 1.32. The van der Waals surface area contributed by atoms with Crippen molar-refractivity contribution in [2.24, 2.45) is 5.92 Å². The van der Waals surface area contributed by atoms with Gasteiger partial charge in [-0.25, -0.2) is 0 Å². The Balaban J connectivity index is 1.55. The first-order valence-corrected chi connectivity index (χ1v) is 9.64. The zero-order valence-electron chi connectivity index (χ0n) is 15.8. The third kappa shape index (κ3) is 5.47. The molecule has 2 N–H and O–H groups in total. The highest BCUT2D eigenvalue weighted by Gasteiger charge is 2.27. The van der Waals surface area contributed by atoms with Crippen LogP contribution in [0.15, 0.2) is 48.5 Å². The van der Waals surface area contributed by atoms with E-state index in [9.17, 15) is 9.59 Å². The first kappa shape index (κ1) is 20.2. The lowest BCUT2D eigenvalue weighted by molar-refractivity contribution is -0.123. The van der Waals surface area contributed by atoms with Crippen molar-refractivity contribution < 1.29 is 14.3 Å². The average Bonchev–Trinajstić information content (AvgIpc) is 2.69. The van der Waals surface area contributed by atoms with E-state index in [2.05, 4.69) is 10.6 Å². The van der Waals surface area contributed by atoms with Crippen molar-refractivity contribution in [3.05, 3.63) is 53.6 Å². The molecule has 1 fully saturated rings. The van der Waals surface area contributed by atoms with Crippen molar-refractivity contribution in [2.75, 3.05) is 37.4 Å². The van der Waals surface area contributed by atoms with Crippen LogP contribution in [0.5, 0.6) is 5.75 Å². The van der Waals surface area contributed by atoms with Gasteiger partial charge in [-0.1, -0.05) is 29.8 Å². The molecule has 1 aliphatic heterocycles. The van der Waals surface area contributed by atoms with Gasteiger partial charge in [-0.15, -0.1) is 0 Å². The van der Waals surface area contributed by atoms with Gasteiger partial charge in [0.25, 0.3) is 0 Å². The smallest absolute Gasteiger partial charge is 0.238 e. The van der Waals surface area contributed by atoms with Crippen LogP contribution in [0.4, 0.5) is 11.4 Å². The van der Waals surface area contributed by atoms with Gasteiger partial charge >= 0.3 is 0 Å². The molecule has 1 unspecified atom stereocenters. The second-order valence-corrected chi connectivity index (χ2v) is 7.26. The summed E-state index contributed by atoms with van der Waals surface area (Å²) in [4.78, 5) is 27.0. The van der Waals surface area contributed by atoms with Crippen molar-refractivity contribution in [1.29, 1.82) is 0 Å². The predicted octanol–water partition coefficient (Wildman–Crippen LogP) is 3.64. The molecule has 0 spiro atoms. The Morgan fingerprint density at radius 2 is 1.96 bits per heavy atom. The minimum atomic E-state index is -0.162. The van der Waals surface area contributed by atoms with Gasteiger partial charge in [0.1, 0.15) is 5.75 Å². The van der Waals surface area contributed by atoms with Crippen LogP contribution in [0, 0.1) is 5.92 Å². The molecule has 7 heteroatoms. The first-order chi connectivity index (χ1) is 13.5. The highest BCUT2D eigenvalue weighted by molar-refractivity contribution is 6.31. The van der Waals surface area contributed by atoms with E-state index in [-0.39, 0.29) is 24.3 Å². The van der Waals surface area contributed by atoms with Gasteiger partial charge in [0.2, 0.25) is 11.8 Å². The van der Waals surface area contributed by atoms with E-state index in [1.165, 1.54) is 0 Å². The average molecular weight is 402 g/mol. The SMILES string of the molecule is COc1ccc(Cl)cc1NC(=O)CN1CCCC(C(=O)Nc2ccccc2)C1. The maximum Gasteiger partial charge on any atom is 0.238 e. The molecule has 3 rings (SSSR count). The van der Waals surface area contributed by atoms with Gasteiger partial charge < -0.3 is 15.4 Å². The summed E-state index contributed by atoms with van der Waals surface area (Å²) in [6.07, 6.45) is 1.69. The van der Waals surface area contributed by atoms with E-state index in [0.29, 0.717) is 23.0 Å². The fraction of sp³-hybridized carbons (Fsp3) is 0.333. The lowest BCUT2D eigenvalue weighted by atomic mass is 9.97. The maximum atomic E-state index is 12.5. The summed E-state index contributed by atoms with van der Waals surface area (Å²) in [6.45, 7) is 1.55. The van der Waals surface area contributed by atoms with Crippen LogP contribution >= 0.6 is 11.6 Å². The number of nitrogens with zero attached hydrogens (tertiary/aromatic N) is 1. The fourth-order valence-electron chi connectivity index (χ4n) is 3.35. The normalized spacial score (nSPS) is 17.0. The van der Waals surface area contributed by atoms with Gasteiger partial charge in [-0.3, -0.25) is 14.5 Å². The zero-order chi connectivity index (χ0) is 19.9. The molecule has 1 heterocycles. The molecular formula is C21H24ClN3O3. The van der Waals surface area contributed by atoms with E-state index in [4.69, 9.17) is 16.3 Å². The van der Waals surface area contributed by atoms with Crippen molar-refractivity contribution >= 4 is 34.8 Å². The number of benzene rings is 2. The lowest BCUT2D eigenvalue weighted by Gasteiger charge is -2.31. The number of hydrogen-bond donors (Lipinski definition) is 2. The number of rotatable bonds is 6. The molecule has 0 bridgehead atoms. The number of methoxy groups -OCH3 is 1. The number of nitrogens with one attached hydrogen (secondary N) is 2. The van der Waals surface area contributed by atoms with Crippen molar-refractivity contribution in [1.82, 2.24) is 4.90 Å². The number of halogens is 1. The molecule has 2 amide bonds. The molecule has 2 aromatic carbocycles. The van der Waals surface area contributed by atoms with Crippen LogP contribution in [-0.4, -0.2) is 43.5 Å². The number of carbonyl (C=O) groups excluding carboxylic acids is 2. The topological polar surface area (TPSA) is 70.7 Å². The molecule has 28 heavy (non-hydrogen) atoms. The van der Waals surface area contributed by atoms with Gasteiger partial charge in [-0.05, 0) is 49.7 Å². The van der Waals surface area contributed by atoms with E-state index < -0.39 is 0 Å². The van der Waals surface area contributed by atoms with Crippen LogP contribution in [0.25, 0.3) is 0 Å². The van der Waals surface area contributed by atoms with E-state index in [0.717, 1.165) is 25.1 Å². The maximum absolute atomic E-state index is 12.5. The molecule has 0 saturated carbocycles. The quantitative estimate of drug-likeness (QED) is 0.775. The number of likely N-dealkylation sites (tertiary alicyclic amines) is 1. The van der Waals surface area contributed by atoms with Crippen molar-refractivity contribution in [3.8, 4) is 5.75 Å². The molecule has 1 aliphatic rings. The summed E-state index contributed by atoms with van der Waals surface area (Å²) < 4.78 is 5.26. The molecule has 1 atom stereocenters. The zero-order valence-corrected chi connectivity index (χ0v) is 16.5. The Hall–Kier alpha value is -2.57. The largest absolute Gasteiger partial charge is 0.495 e. The second-order valence-electron chi connectivity index (χ2n) is 6.82. The molecular weight excluding hydrogens is 378 g/mol. The van der Waals surface area contributed by atoms with E-state index in [1.807, 2.05) is 35.2 Å². The molecule has 0 aliphatic carbocycles. The standard InChI is InChI=1S/C21H24ClN3O3/c1-28-19-10-9-16(22)12-18(19)24-20(26)14-25-11-5-6-15(13-25)21(27)23-17-7-3-2-4-8-17/h2-4,7-10,12,15H,5-6,11,13-14H2,1H3,(H,23,27)(H,24,26). The van der Waals surface area contributed by atoms with Gasteiger partial charge in [0, 0.05) is 17.3 Å². The molecule has 6 nitrogen and oxygen atoms in total. The minimum absolute atomic E-state index is 0.00665.